The molecule has 0 saturated heterocycles. The Labute approximate surface area is 184 Å². The molecule has 0 fully saturated rings. The van der Waals surface area contributed by atoms with Gasteiger partial charge in [-0.25, -0.2) is 9.07 Å². The Bertz CT molecular complexity index is 1120. The number of anilines is 1. The number of aromatic nitrogens is 2. The Kier molecular flexibility index (Phi) is 6.87. The second kappa shape index (κ2) is 9.57. The smallest absolute Gasteiger partial charge is 0.246 e. The van der Waals surface area contributed by atoms with E-state index in [2.05, 4.69) is 10.4 Å². The molecule has 0 saturated carbocycles. The first-order valence-electron chi connectivity index (χ1n) is 9.55. The van der Waals surface area contributed by atoms with Gasteiger partial charge in [-0.1, -0.05) is 29.3 Å². The topological polar surface area (TPSA) is 67.2 Å². The van der Waals surface area contributed by atoms with Gasteiger partial charge in [0, 0.05) is 24.4 Å². The highest BCUT2D eigenvalue weighted by Gasteiger charge is 2.15. The van der Waals surface area contributed by atoms with Gasteiger partial charge in [0.25, 0.3) is 0 Å². The fourth-order valence-corrected chi connectivity index (χ4v) is 3.20. The van der Waals surface area contributed by atoms with E-state index in [0.29, 0.717) is 27.8 Å². The summed E-state index contributed by atoms with van der Waals surface area (Å²) in [7, 11) is 1.54. The maximum atomic E-state index is 13.2. The van der Waals surface area contributed by atoms with E-state index in [1.165, 1.54) is 34.8 Å². The molecule has 3 rings (SSSR count). The summed E-state index contributed by atoms with van der Waals surface area (Å²) >= 11 is 6.42. The molecule has 6 nitrogen and oxygen atoms in total. The van der Waals surface area contributed by atoms with Gasteiger partial charge in [0.05, 0.1) is 17.9 Å². The van der Waals surface area contributed by atoms with Gasteiger partial charge < -0.3 is 10.2 Å². The minimum absolute atomic E-state index is 0.0986. The van der Waals surface area contributed by atoms with Crippen LogP contribution in [0.5, 0.6) is 0 Å². The van der Waals surface area contributed by atoms with Gasteiger partial charge in [0.2, 0.25) is 11.8 Å². The van der Waals surface area contributed by atoms with Crippen LogP contribution < -0.4 is 5.32 Å². The largest absolute Gasteiger partial charge is 0.333 e. The highest BCUT2D eigenvalue weighted by molar-refractivity contribution is 6.31. The molecule has 0 bridgehead atoms. The van der Waals surface area contributed by atoms with Gasteiger partial charge in [0.1, 0.15) is 11.0 Å². The van der Waals surface area contributed by atoms with Gasteiger partial charge in [0.15, 0.2) is 0 Å². The number of hydrogen-bond donors (Lipinski definition) is 1. The van der Waals surface area contributed by atoms with Crippen LogP contribution in [0.15, 0.2) is 54.6 Å². The van der Waals surface area contributed by atoms with Gasteiger partial charge in [-0.2, -0.15) is 5.10 Å². The molecule has 8 heteroatoms. The molecule has 0 aliphatic heterocycles. The molecule has 0 spiro atoms. The number of nitrogens with zero attached hydrogens (tertiary/aromatic N) is 3. The molecule has 1 N–H and O–H groups in total. The molecule has 3 aromatic rings. The highest BCUT2D eigenvalue weighted by Crippen LogP contribution is 2.25. The van der Waals surface area contributed by atoms with Crippen molar-refractivity contribution in [2.75, 3.05) is 18.9 Å². The van der Waals surface area contributed by atoms with Crippen molar-refractivity contribution in [3.63, 3.8) is 0 Å². The van der Waals surface area contributed by atoms with Crippen LogP contribution in [0.1, 0.15) is 16.8 Å². The summed E-state index contributed by atoms with van der Waals surface area (Å²) in [6.45, 7) is 3.62. The van der Waals surface area contributed by atoms with E-state index in [1.54, 1.807) is 37.3 Å². The SMILES string of the molecule is Cc1ccc(NC(=O)CN(C)C(=O)/C=C/c2c(C)nn(-c3ccc(F)cc3)c2Cl)cc1. The van der Waals surface area contributed by atoms with Crippen molar-refractivity contribution in [3.8, 4) is 5.69 Å². The van der Waals surface area contributed by atoms with Crippen LogP contribution in [-0.4, -0.2) is 40.1 Å². The van der Waals surface area contributed by atoms with Crippen LogP contribution in [0.2, 0.25) is 5.15 Å². The molecule has 0 aliphatic rings. The second-order valence-electron chi connectivity index (χ2n) is 7.12. The van der Waals surface area contributed by atoms with E-state index in [9.17, 15) is 14.0 Å². The average Bonchev–Trinajstić information content (AvgIpc) is 3.02. The molecule has 1 heterocycles. The molecule has 0 unspecified atom stereocenters. The summed E-state index contributed by atoms with van der Waals surface area (Å²) in [5, 5.41) is 7.41. The minimum atomic E-state index is -0.357. The van der Waals surface area contributed by atoms with Crippen LogP contribution >= 0.6 is 11.6 Å². The lowest BCUT2D eigenvalue weighted by Crippen LogP contribution is -2.33. The van der Waals surface area contributed by atoms with Crippen LogP contribution in [0.4, 0.5) is 10.1 Å². The zero-order valence-electron chi connectivity index (χ0n) is 17.4. The third-order valence-electron chi connectivity index (χ3n) is 4.60. The van der Waals surface area contributed by atoms with E-state index in [-0.39, 0.29) is 24.2 Å². The molecule has 0 atom stereocenters. The Balaban J connectivity index is 1.65. The van der Waals surface area contributed by atoms with Gasteiger partial charge >= 0.3 is 0 Å². The lowest BCUT2D eigenvalue weighted by Gasteiger charge is -2.15. The lowest BCUT2D eigenvalue weighted by atomic mass is 10.2. The standard InChI is InChI=1S/C23H22ClFN4O2/c1-15-4-8-18(9-5-15)26-21(30)14-28(3)22(31)13-12-20-16(2)27-29(23(20)24)19-10-6-17(25)7-11-19/h4-13H,14H2,1-3H3,(H,26,30)/b13-12+. The van der Waals surface area contributed by atoms with Crippen LogP contribution in [-0.2, 0) is 9.59 Å². The van der Waals surface area contributed by atoms with Crippen molar-refractivity contribution in [3.05, 3.63) is 82.4 Å². The molecule has 2 amide bonds. The summed E-state index contributed by atoms with van der Waals surface area (Å²) < 4.78 is 14.6. The predicted octanol–water partition coefficient (Wildman–Crippen LogP) is 4.39. The number of carbonyl (C=O) groups is 2. The second-order valence-corrected chi connectivity index (χ2v) is 7.48. The van der Waals surface area contributed by atoms with Crippen molar-refractivity contribution < 1.29 is 14.0 Å². The van der Waals surface area contributed by atoms with E-state index in [4.69, 9.17) is 11.6 Å². The normalized spacial score (nSPS) is 11.0. The predicted molar refractivity (Wildman–Crippen MR) is 120 cm³/mol. The Morgan fingerprint density at radius 2 is 1.77 bits per heavy atom. The third-order valence-corrected chi connectivity index (χ3v) is 4.97. The van der Waals surface area contributed by atoms with Gasteiger partial charge in [-0.15, -0.1) is 0 Å². The molecular formula is C23H22ClFN4O2. The zero-order chi connectivity index (χ0) is 22.5. The fourth-order valence-electron chi connectivity index (χ4n) is 2.87. The zero-order valence-corrected chi connectivity index (χ0v) is 18.2. The number of likely N-dealkylation sites (N-methyl/N-ethyl adjacent to an activating group) is 1. The average molecular weight is 441 g/mol. The van der Waals surface area contributed by atoms with Crippen molar-refractivity contribution in [1.82, 2.24) is 14.7 Å². The number of amides is 2. The van der Waals surface area contributed by atoms with E-state index >= 15 is 0 Å². The van der Waals surface area contributed by atoms with E-state index in [1.807, 2.05) is 19.1 Å². The van der Waals surface area contributed by atoms with Crippen molar-refractivity contribution in [2.24, 2.45) is 0 Å². The Morgan fingerprint density at radius 1 is 1.13 bits per heavy atom. The van der Waals surface area contributed by atoms with E-state index < -0.39 is 0 Å². The molecule has 0 radical (unpaired) electrons. The molecule has 1 aromatic heterocycles. The van der Waals surface area contributed by atoms with Crippen molar-refractivity contribution >= 4 is 35.2 Å². The number of halogens is 2. The summed E-state index contributed by atoms with van der Waals surface area (Å²) in [5.74, 6) is -1.01. The first kappa shape index (κ1) is 22.2. The molecule has 0 aliphatic carbocycles. The quantitative estimate of drug-likeness (QED) is 0.578. The first-order chi connectivity index (χ1) is 14.7. The van der Waals surface area contributed by atoms with Crippen molar-refractivity contribution in [1.29, 1.82) is 0 Å². The van der Waals surface area contributed by atoms with Crippen LogP contribution in [0.25, 0.3) is 11.8 Å². The molecule has 31 heavy (non-hydrogen) atoms. The summed E-state index contributed by atoms with van der Waals surface area (Å²) in [6, 6.07) is 13.2. The number of rotatable bonds is 6. The fraction of sp³-hybridized carbons (Fsp3) is 0.174. The number of nitrogens with one attached hydrogen (secondary N) is 1. The summed E-state index contributed by atoms with van der Waals surface area (Å²) in [4.78, 5) is 25.9. The number of aryl methyl sites for hydroxylation is 2. The Hall–Kier alpha value is -3.45. The number of benzene rings is 2. The van der Waals surface area contributed by atoms with Gasteiger partial charge in [-0.3, -0.25) is 9.59 Å². The Morgan fingerprint density at radius 3 is 2.42 bits per heavy atom. The van der Waals surface area contributed by atoms with Crippen molar-refractivity contribution in [2.45, 2.75) is 13.8 Å². The van der Waals surface area contributed by atoms with Gasteiger partial charge in [-0.05, 0) is 56.3 Å². The third kappa shape index (κ3) is 5.58. The van der Waals surface area contributed by atoms with E-state index in [0.717, 1.165) is 5.56 Å². The number of hydrogen-bond acceptors (Lipinski definition) is 3. The summed E-state index contributed by atoms with van der Waals surface area (Å²) in [6.07, 6.45) is 2.89. The maximum absolute atomic E-state index is 13.2. The molecule has 160 valence electrons. The highest BCUT2D eigenvalue weighted by atomic mass is 35.5. The lowest BCUT2D eigenvalue weighted by molar-refractivity contribution is -0.129. The number of carbonyl (C=O) groups excluding carboxylic acids is 2. The molecule has 2 aromatic carbocycles. The summed E-state index contributed by atoms with van der Waals surface area (Å²) in [5.41, 5.74) is 3.54. The van der Waals surface area contributed by atoms with Crippen LogP contribution in [0.3, 0.4) is 0 Å². The maximum Gasteiger partial charge on any atom is 0.246 e. The molecular weight excluding hydrogens is 419 g/mol. The minimum Gasteiger partial charge on any atom is -0.333 e. The first-order valence-corrected chi connectivity index (χ1v) is 9.93. The monoisotopic (exact) mass is 440 g/mol. The van der Waals surface area contributed by atoms with Crippen LogP contribution in [0, 0.1) is 19.7 Å².